The number of carbonyl (C=O) groups is 3. The molecule has 0 aliphatic carbocycles. The van der Waals surface area contributed by atoms with E-state index in [1.807, 2.05) is 0 Å². The van der Waals surface area contributed by atoms with Gasteiger partial charge in [0.1, 0.15) is 4.90 Å². The molecule has 1 aromatic carbocycles. The summed E-state index contributed by atoms with van der Waals surface area (Å²) in [5.74, 6) is -3.03. The van der Waals surface area contributed by atoms with E-state index in [1.165, 1.54) is 19.1 Å². The Labute approximate surface area is 133 Å². The number of carboxylic acid groups (broad SMARTS) is 1. The van der Waals surface area contributed by atoms with Crippen molar-refractivity contribution in [3.8, 4) is 0 Å². The molecule has 0 saturated heterocycles. The van der Waals surface area contributed by atoms with Crippen LogP contribution in [-0.2, 0) is 14.8 Å². The highest BCUT2D eigenvalue weighted by molar-refractivity contribution is 7.90. The molecule has 1 aliphatic heterocycles. The normalized spacial score (nSPS) is 16.8. The lowest BCUT2D eigenvalue weighted by atomic mass is 10.1. The van der Waals surface area contributed by atoms with Gasteiger partial charge in [-0.05, 0) is 25.1 Å². The van der Waals surface area contributed by atoms with Crippen molar-refractivity contribution in [2.24, 2.45) is 5.92 Å². The standard InChI is InChI=1S/C14H16N2O6S/c1-3-16-13(18)10-5-4-9(6-11(10)23(16,21)22)12(17)15-7-8(2)14(19)20/h4-6,8H,3,7H2,1-2H3,(H,15,17)(H,19,20). The molecule has 1 heterocycles. The van der Waals surface area contributed by atoms with Crippen molar-refractivity contribution in [1.82, 2.24) is 9.62 Å². The smallest absolute Gasteiger partial charge is 0.308 e. The predicted octanol–water partition coefficient (Wildman–Crippen LogP) is 0.301. The number of rotatable bonds is 5. The quantitative estimate of drug-likeness (QED) is 0.795. The van der Waals surface area contributed by atoms with Crippen LogP contribution in [0.3, 0.4) is 0 Å². The molecule has 9 heteroatoms. The highest BCUT2D eigenvalue weighted by Gasteiger charge is 2.40. The minimum Gasteiger partial charge on any atom is -0.481 e. The SMILES string of the molecule is CCN1C(=O)c2ccc(C(=O)NCC(C)C(=O)O)cc2S1(=O)=O. The van der Waals surface area contributed by atoms with E-state index >= 15 is 0 Å². The second-order valence-corrected chi connectivity index (χ2v) is 6.97. The fourth-order valence-corrected chi connectivity index (χ4v) is 3.77. The van der Waals surface area contributed by atoms with Crippen molar-refractivity contribution in [1.29, 1.82) is 0 Å². The molecule has 8 nitrogen and oxygen atoms in total. The molecule has 0 radical (unpaired) electrons. The molecular weight excluding hydrogens is 324 g/mol. The Bertz CT molecular complexity index is 786. The summed E-state index contributed by atoms with van der Waals surface area (Å²) in [6.07, 6.45) is 0. The average Bonchev–Trinajstić information content (AvgIpc) is 2.70. The Balaban J connectivity index is 2.28. The van der Waals surface area contributed by atoms with Crippen LogP contribution >= 0.6 is 0 Å². The van der Waals surface area contributed by atoms with Crippen LogP contribution in [0.1, 0.15) is 34.6 Å². The van der Waals surface area contributed by atoms with Gasteiger partial charge >= 0.3 is 5.97 Å². The third-order valence-electron chi connectivity index (χ3n) is 3.55. The number of nitrogens with zero attached hydrogens (tertiary/aromatic N) is 1. The summed E-state index contributed by atoms with van der Waals surface area (Å²) in [5, 5.41) is 11.2. The lowest BCUT2D eigenvalue weighted by Crippen LogP contribution is -2.31. The summed E-state index contributed by atoms with van der Waals surface area (Å²) < 4.78 is 25.2. The van der Waals surface area contributed by atoms with Crippen molar-refractivity contribution < 1.29 is 27.9 Å². The van der Waals surface area contributed by atoms with Gasteiger partial charge in [-0.2, -0.15) is 0 Å². The van der Waals surface area contributed by atoms with Gasteiger partial charge in [0.05, 0.1) is 11.5 Å². The van der Waals surface area contributed by atoms with Gasteiger partial charge in [-0.15, -0.1) is 0 Å². The molecule has 2 N–H and O–H groups in total. The van der Waals surface area contributed by atoms with Crippen LogP contribution in [0, 0.1) is 5.92 Å². The third kappa shape index (κ3) is 2.91. The second-order valence-electron chi connectivity index (χ2n) is 5.14. The zero-order valence-corrected chi connectivity index (χ0v) is 13.4. The van der Waals surface area contributed by atoms with Crippen molar-refractivity contribution in [2.75, 3.05) is 13.1 Å². The summed E-state index contributed by atoms with van der Waals surface area (Å²) in [6, 6.07) is 3.77. The molecule has 1 unspecified atom stereocenters. The summed E-state index contributed by atoms with van der Waals surface area (Å²) in [7, 11) is -3.94. The largest absolute Gasteiger partial charge is 0.481 e. The van der Waals surface area contributed by atoms with E-state index in [-0.39, 0.29) is 29.1 Å². The third-order valence-corrected chi connectivity index (χ3v) is 5.44. The fourth-order valence-electron chi connectivity index (χ4n) is 2.16. The maximum atomic E-state index is 12.3. The van der Waals surface area contributed by atoms with Crippen LogP contribution < -0.4 is 5.32 Å². The summed E-state index contributed by atoms with van der Waals surface area (Å²) in [6.45, 7) is 2.90. The van der Waals surface area contributed by atoms with E-state index in [9.17, 15) is 22.8 Å². The monoisotopic (exact) mass is 340 g/mol. The number of hydrogen-bond donors (Lipinski definition) is 2. The van der Waals surface area contributed by atoms with Crippen molar-refractivity contribution >= 4 is 27.8 Å². The molecule has 124 valence electrons. The molecule has 1 aromatic rings. The summed E-state index contributed by atoms with van der Waals surface area (Å²) >= 11 is 0. The molecule has 0 fully saturated rings. The number of sulfonamides is 1. The lowest BCUT2D eigenvalue weighted by molar-refractivity contribution is -0.140. The highest BCUT2D eigenvalue weighted by atomic mass is 32.2. The number of nitrogens with one attached hydrogen (secondary N) is 1. The van der Waals surface area contributed by atoms with Crippen LogP contribution in [0.15, 0.2) is 23.1 Å². The van der Waals surface area contributed by atoms with E-state index in [0.29, 0.717) is 0 Å². The number of amides is 2. The minimum absolute atomic E-state index is 0.00744. The minimum atomic E-state index is -3.94. The molecule has 2 amide bonds. The van der Waals surface area contributed by atoms with Gasteiger partial charge < -0.3 is 10.4 Å². The predicted molar refractivity (Wildman–Crippen MR) is 79.5 cm³/mol. The first-order valence-electron chi connectivity index (χ1n) is 6.92. The first kappa shape index (κ1) is 16.9. The van der Waals surface area contributed by atoms with Gasteiger partial charge in [0.2, 0.25) is 0 Å². The van der Waals surface area contributed by atoms with Crippen LogP contribution in [-0.4, -0.2) is 48.7 Å². The topological polar surface area (TPSA) is 121 Å². The van der Waals surface area contributed by atoms with Crippen LogP contribution in [0.4, 0.5) is 0 Å². The first-order chi connectivity index (χ1) is 10.7. The second kappa shape index (κ2) is 5.99. The van der Waals surface area contributed by atoms with Gasteiger partial charge in [0, 0.05) is 18.7 Å². The van der Waals surface area contributed by atoms with Gasteiger partial charge in [-0.3, -0.25) is 14.4 Å². The van der Waals surface area contributed by atoms with Crippen LogP contribution in [0.5, 0.6) is 0 Å². The van der Waals surface area contributed by atoms with Gasteiger partial charge in [0.25, 0.3) is 21.8 Å². The van der Waals surface area contributed by atoms with Crippen molar-refractivity contribution in [3.05, 3.63) is 29.3 Å². The van der Waals surface area contributed by atoms with Crippen LogP contribution in [0.2, 0.25) is 0 Å². The number of fused-ring (bicyclic) bond motifs is 1. The molecule has 2 rings (SSSR count). The lowest BCUT2D eigenvalue weighted by Gasteiger charge is -2.11. The van der Waals surface area contributed by atoms with E-state index in [4.69, 9.17) is 5.11 Å². The number of carboxylic acids is 1. The summed E-state index contributed by atoms with van der Waals surface area (Å²) in [4.78, 5) is 34.5. The maximum Gasteiger partial charge on any atom is 0.308 e. The van der Waals surface area contributed by atoms with E-state index in [1.54, 1.807) is 6.92 Å². The Morgan fingerprint density at radius 2 is 2.00 bits per heavy atom. The van der Waals surface area contributed by atoms with E-state index < -0.39 is 33.7 Å². The molecule has 0 saturated carbocycles. The Hall–Kier alpha value is -2.42. The van der Waals surface area contributed by atoms with Crippen molar-refractivity contribution in [2.45, 2.75) is 18.7 Å². The van der Waals surface area contributed by atoms with Gasteiger partial charge in [-0.1, -0.05) is 6.92 Å². The Kier molecular flexibility index (Phi) is 4.42. The molecule has 23 heavy (non-hydrogen) atoms. The number of hydrogen-bond acceptors (Lipinski definition) is 5. The maximum absolute atomic E-state index is 12.3. The van der Waals surface area contributed by atoms with Crippen LogP contribution in [0.25, 0.3) is 0 Å². The fraction of sp³-hybridized carbons (Fsp3) is 0.357. The van der Waals surface area contributed by atoms with E-state index in [0.717, 1.165) is 10.4 Å². The zero-order chi connectivity index (χ0) is 17.4. The van der Waals surface area contributed by atoms with Gasteiger partial charge in [0.15, 0.2) is 0 Å². The highest BCUT2D eigenvalue weighted by Crippen LogP contribution is 2.30. The number of carbonyl (C=O) groups excluding carboxylic acids is 2. The molecular formula is C14H16N2O6S. The molecule has 0 aromatic heterocycles. The van der Waals surface area contributed by atoms with E-state index in [2.05, 4.69) is 5.32 Å². The average molecular weight is 340 g/mol. The Morgan fingerprint density at radius 1 is 1.35 bits per heavy atom. The first-order valence-corrected chi connectivity index (χ1v) is 8.36. The summed E-state index contributed by atoms with van der Waals surface area (Å²) in [5.41, 5.74) is 0.0815. The molecule has 1 atom stereocenters. The number of benzene rings is 1. The van der Waals surface area contributed by atoms with Gasteiger partial charge in [-0.25, -0.2) is 12.7 Å². The Morgan fingerprint density at radius 3 is 2.57 bits per heavy atom. The molecule has 1 aliphatic rings. The molecule has 0 bridgehead atoms. The van der Waals surface area contributed by atoms with Crippen molar-refractivity contribution in [3.63, 3.8) is 0 Å². The zero-order valence-electron chi connectivity index (χ0n) is 12.6. The number of aliphatic carboxylic acids is 1. The molecule has 0 spiro atoms.